The van der Waals surface area contributed by atoms with Crippen LogP contribution in [0.1, 0.15) is 17.3 Å². The van der Waals surface area contributed by atoms with Crippen molar-refractivity contribution in [3.8, 4) is 0 Å². The zero-order valence-electron chi connectivity index (χ0n) is 8.45. The van der Waals surface area contributed by atoms with Crippen molar-refractivity contribution in [1.82, 2.24) is 19.9 Å². The van der Waals surface area contributed by atoms with Crippen LogP contribution >= 0.6 is 0 Å². The van der Waals surface area contributed by atoms with Gasteiger partial charge >= 0.3 is 0 Å². The first-order valence-corrected chi connectivity index (χ1v) is 5.04. The van der Waals surface area contributed by atoms with Gasteiger partial charge in [0.1, 0.15) is 5.82 Å². The third-order valence-electron chi connectivity index (χ3n) is 2.79. The Labute approximate surface area is 86.1 Å². The van der Waals surface area contributed by atoms with E-state index in [9.17, 15) is 4.79 Å². The maximum atomic E-state index is 11.6. The predicted molar refractivity (Wildman–Crippen MR) is 56.2 cm³/mol. The molecule has 0 spiro atoms. The summed E-state index contributed by atoms with van der Waals surface area (Å²) in [7, 11) is 0. The van der Waals surface area contributed by atoms with E-state index >= 15 is 0 Å². The highest BCUT2D eigenvalue weighted by atomic mass is 16.1. The Morgan fingerprint density at radius 2 is 2.27 bits per heavy atom. The molecule has 3 rings (SSSR count). The molecule has 1 aliphatic heterocycles. The fourth-order valence-electron chi connectivity index (χ4n) is 1.80. The van der Waals surface area contributed by atoms with Gasteiger partial charge in [-0.1, -0.05) is 0 Å². The molecule has 5 heteroatoms. The molecule has 0 atom stereocenters. The molecule has 0 aromatic carbocycles. The van der Waals surface area contributed by atoms with Crippen LogP contribution in [0.25, 0.3) is 5.65 Å². The largest absolute Gasteiger partial charge is 0.315 e. The summed E-state index contributed by atoms with van der Waals surface area (Å²) in [5.41, 5.74) is 1.61. The van der Waals surface area contributed by atoms with Gasteiger partial charge in [-0.2, -0.15) is 0 Å². The number of aromatic nitrogens is 3. The maximum absolute atomic E-state index is 11.6. The Morgan fingerprint density at radius 1 is 1.47 bits per heavy atom. The van der Waals surface area contributed by atoms with Gasteiger partial charge in [-0.3, -0.25) is 9.89 Å². The Kier molecular flexibility index (Phi) is 1.70. The lowest BCUT2D eigenvalue weighted by atomic mass is 10.0. The summed E-state index contributed by atoms with van der Waals surface area (Å²) in [5.74, 6) is 1.32. The van der Waals surface area contributed by atoms with Gasteiger partial charge < -0.3 is 5.32 Å². The summed E-state index contributed by atoms with van der Waals surface area (Å²) < 4.78 is 1.50. The number of nitrogens with one attached hydrogen (secondary N) is 2. The number of hydrogen-bond acceptors (Lipinski definition) is 3. The SMILES string of the molecule is Cc1cc(=O)n2[nH]c(C3CNC3)nc2c1. The summed E-state index contributed by atoms with van der Waals surface area (Å²) in [6.07, 6.45) is 0. The third kappa shape index (κ3) is 1.27. The molecule has 2 aromatic rings. The van der Waals surface area contributed by atoms with Crippen LogP contribution in [0.15, 0.2) is 16.9 Å². The van der Waals surface area contributed by atoms with Crippen LogP contribution in [0.5, 0.6) is 0 Å². The predicted octanol–water partition coefficient (Wildman–Crippen LogP) is 0.0178. The summed E-state index contributed by atoms with van der Waals surface area (Å²) in [6, 6.07) is 3.52. The van der Waals surface area contributed by atoms with Gasteiger partial charge in [-0.05, 0) is 18.6 Å². The summed E-state index contributed by atoms with van der Waals surface area (Å²) in [6.45, 7) is 3.78. The van der Waals surface area contributed by atoms with Crippen molar-refractivity contribution in [3.63, 3.8) is 0 Å². The first-order valence-electron chi connectivity index (χ1n) is 5.04. The molecule has 78 valence electrons. The minimum Gasteiger partial charge on any atom is -0.315 e. The van der Waals surface area contributed by atoms with Crippen molar-refractivity contribution < 1.29 is 0 Å². The molecular formula is C10H12N4O. The van der Waals surface area contributed by atoms with E-state index in [0.29, 0.717) is 11.6 Å². The number of aryl methyl sites for hydroxylation is 1. The molecule has 5 nitrogen and oxygen atoms in total. The van der Waals surface area contributed by atoms with Crippen LogP contribution < -0.4 is 10.9 Å². The van der Waals surface area contributed by atoms with Gasteiger partial charge in [-0.25, -0.2) is 9.50 Å². The molecule has 0 amide bonds. The first kappa shape index (κ1) is 8.67. The number of fused-ring (bicyclic) bond motifs is 1. The Hall–Kier alpha value is -1.62. The van der Waals surface area contributed by atoms with Gasteiger partial charge in [-0.15, -0.1) is 0 Å². The van der Waals surface area contributed by atoms with E-state index in [1.165, 1.54) is 4.52 Å². The molecule has 0 unspecified atom stereocenters. The number of nitrogens with zero attached hydrogens (tertiary/aromatic N) is 2. The summed E-state index contributed by atoms with van der Waals surface area (Å²) in [4.78, 5) is 16.0. The number of H-pyrrole nitrogens is 1. The Balaban J connectivity index is 2.20. The first-order chi connectivity index (χ1) is 7.24. The Morgan fingerprint density at radius 3 is 2.93 bits per heavy atom. The quantitative estimate of drug-likeness (QED) is 0.688. The second-order valence-electron chi connectivity index (χ2n) is 4.03. The normalized spacial score (nSPS) is 16.9. The molecule has 1 aliphatic rings. The highest BCUT2D eigenvalue weighted by molar-refractivity contribution is 5.40. The molecule has 15 heavy (non-hydrogen) atoms. The number of pyridine rings is 1. The number of aromatic amines is 1. The molecule has 0 saturated carbocycles. The monoisotopic (exact) mass is 204 g/mol. The second-order valence-corrected chi connectivity index (χ2v) is 4.03. The minimum absolute atomic E-state index is 0.0453. The number of hydrogen-bond donors (Lipinski definition) is 2. The summed E-state index contributed by atoms with van der Waals surface area (Å²) >= 11 is 0. The van der Waals surface area contributed by atoms with Crippen molar-refractivity contribution in [2.75, 3.05) is 13.1 Å². The second kappa shape index (κ2) is 2.93. The fraction of sp³-hybridized carbons (Fsp3) is 0.400. The standard InChI is InChI=1S/C10H12N4O/c1-6-2-8-12-10(7-4-11-5-7)13-14(8)9(15)3-6/h2-3,7,11H,4-5H2,1H3,(H,12,13). The highest BCUT2D eigenvalue weighted by Gasteiger charge is 2.22. The molecule has 1 saturated heterocycles. The van der Waals surface area contributed by atoms with Crippen molar-refractivity contribution in [2.45, 2.75) is 12.8 Å². The van der Waals surface area contributed by atoms with E-state index in [4.69, 9.17) is 0 Å². The van der Waals surface area contributed by atoms with Crippen molar-refractivity contribution in [3.05, 3.63) is 33.9 Å². The van der Waals surface area contributed by atoms with Gasteiger partial charge in [0.25, 0.3) is 5.56 Å². The van der Waals surface area contributed by atoms with Crippen molar-refractivity contribution in [1.29, 1.82) is 0 Å². The van der Waals surface area contributed by atoms with E-state index in [-0.39, 0.29) is 5.56 Å². The van der Waals surface area contributed by atoms with E-state index in [2.05, 4.69) is 15.4 Å². The van der Waals surface area contributed by atoms with Crippen LogP contribution in [-0.4, -0.2) is 27.7 Å². The molecule has 2 N–H and O–H groups in total. The molecule has 2 aromatic heterocycles. The van der Waals surface area contributed by atoms with Crippen LogP contribution in [0.3, 0.4) is 0 Å². The smallest absolute Gasteiger partial charge is 0.271 e. The lowest BCUT2D eigenvalue weighted by Crippen LogP contribution is -2.40. The Bertz CT molecular complexity index is 564. The average Bonchev–Trinajstić information content (AvgIpc) is 2.44. The zero-order chi connectivity index (χ0) is 10.4. The molecule has 0 aliphatic carbocycles. The molecule has 0 radical (unpaired) electrons. The van der Waals surface area contributed by atoms with Gasteiger partial charge in [0.2, 0.25) is 0 Å². The maximum Gasteiger partial charge on any atom is 0.271 e. The average molecular weight is 204 g/mol. The van der Waals surface area contributed by atoms with Crippen molar-refractivity contribution >= 4 is 5.65 Å². The highest BCUT2D eigenvalue weighted by Crippen LogP contribution is 2.16. The van der Waals surface area contributed by atoms with E-state index < -0.39 is 0 Å². The van der Waals surface area contributed by atoms with Crippen LogP contribution in [0.2, 0.25) is 0 Å². The van der Waals surface area contributed by atoms with Crippen LogP contribution in [-0.2, 0) is 0 Å². The zero-order valence-corrected chi connectivity index (χ0v) is 8.45. The van der Waals surface area contributed by atoms with Gasteiger partial charge in [0.15, 0.2) is 5.65 Å². The molecule has 0 bridgehead atoms. The van der Waals surface area contributed by atoms with Crippen LogP contribution in [0, 0.1) is 6.92 Å². The fourth-order valence-corrected chi connectivity index (χ4v) is 1.80. The molecular weight excluding hydrogens is 192 g/mol. The number of rotatable bonds is 1. The topological polar surface area (TPSA) is 62.2 Å². The lowest BCUT2D eigenvalue weighted by Gasteiger charge is -2.24. The van der Waals surface area contributed by atoms with Gasteiger partial charge in [0.05, 0.1) is 0 Å². The summed E-state index contributed by atoms with van der Waals surface area (Å²) in [5, 5.41) is 6.23. The van der Waals surface area contributed by atoms with E-state index in [1.54, 1.807) is 6.07 Å². The van der Waals surface area contributed by atoms with E-state index in [0.717, 1.165) is 24.5 Å². The lowest BCUT2D eigenvalue weighted by molar-refractivity contribution is 0.430. The van der Waals surface area contributed by atoms with Gasteiger partial charge in [0, 0.05) is 25.1 Å². The van der Waals surface area contributed by atoms with E-state index in [1.807, 2.05) is 13.0 Å². The molecule has 3 heterocycles. The molecule has 1 fully saturated rings. The minimum atomic E-state index is -0.0453. The van der Waals surface area contributed by atoms with Crippen LogP contribution in [0.4, 0.5) is 0 Å². The third-order valence-corrected chi connectivity index (χ3v) is 2.79. The van der Waals surface area contributed by atoms with Crippen molar-refractivity contribution in [2.24, 2.45) is 0 Å².